The number of likely N-dealkylation sites (N-methyl/N-ethyl adjacent to an activating group) is 1. The lowest BCUT2D eigenvalue weighted by Gasteiger charge is -2.35. The first kappa shape index (κ1) is 30.5. The fourth-order valence-corrected chi connectivity index (χ4v) is 5.53. The van der Waals surface area contributed by atoms with E-state index in [0.29, 0.717) is 19.4 Å². The molecule has 218 valence electrons. The maximum atomic E-state index is 13.9. The predicted octanol–water partition coefficient (Wildman–Crippen LogP) is 5.32. The van der Waals surface area contributed by atoms with Crippen LogP contribution in [0.25, 0.3) is 0 Å². The molecule has 0 radical (unpaired) electrons. The molecule has 4 rings (SSSR count). The Bertz CT molecular complexity index is 1270. The molecule has 0 saturated carbocycles. The quantitative estimate of drug-likeness (QED) is 0.286. The third kappa shape index (κ3) is 9.54. The summed E-state index contributed by atoms with van der Waals surface area (Å²) in [5.41, 5.74) is 4.27. The van der Waals surface area contributed by atoms with Crippen LogP contribution in [0.4, 0.5) is 0 Å². The van der Waals surface area contributed by atoms with Crippen LogP contribution in [-0.2, 0) is 29.0 Å². The van der Waals surface area contributed by atoms with E-state index >= 15 is 0 Å². The predicted molar refractivity (Wildman–Crippen MR) is 165 cm³/mol. The molecule has 1 aliphatic carbocycles. The van der Waals surface area contributed by atoms with Crippen LogP contribution in [0.15, 0.2) is 77.6 Å². The van der Waals surface area contributed by atoms with Gasteiger partial charge in [-0.25, -0.2) is 4.98 Å². The third-order valence-electron chi connectivity index (χ3n) is 7.17. The Morgan fingerprint density at radius 2 is 1.80 bits per heavy atom. The Morgan fingerprint density at radius 1 is 1.05 bits per heavy atom. The number of carbonyl (C=O) groups is 2. The topological polar surface area (TPSA) is 83.6 Å². The summed E-state index contributed by atoms with van der Waals surface area (Å²) < 4.78 is 5.93. The van der Waals surface area contributed by atoms with Crippen LogP contribution in [0.1, 0.15) is 56.9 Å². The van der Waals surface area contributed by atoms with Crippen molar-refractivity contribution < 1.29 is 14.3 Å². The van der Waals surface area contributed by atoms with E-state index in [2.05, 4.69) is 32.7 Å². The summed E-state index contributed by atoms with van der Waals surface area (Å²) in [6.45, 7) is 6.31. The first-order valence-electron chi connectivity index (χ1n) is 14.3. The fraction of sp³-hybridized carbons (Fsp3) is 0.424. The van der Waals surface area contributed by atoms with Crippen LogP contribution in [0.3, 0.4) is 0 Å². The van der Waals surface area contributed by atoms with Gasteiger partial charge in [-0.2, -0.15) is 0 Å². The Hall–Kier alpha value is -3.49. The van der Waals surface area contributed by atoms with Gasteiger partial charge in [0.1, 0.15) is 18.4 Å². The molecule has 0 saturated heterocycles. The van der Waals surface area contributed by atoms with Crippen molar-refractivity contribution >= 4 is 23.2 Å². The normalized spacial score (nSPS) is 16.7. The number of ether oxygens (including phenoxy) is 1. The summed E-state index contributed by atoms with van der Waals surface area (Å²) in [6, 6.07) is 16.7. The van der Waals surface area contributed by atoms with Crippen molar-refractivity contribution in [1.82, 2.24) is 20.5 Å². The Balaban J connectivity index is 1.49. The monoisotopic (exact) mass is 574 g/mol. The van der Waals surface area contributed by atoms with Gasteiger partial charge in [0, 0.05) is 29.8 Å². The molecule has 1 aromatic heterocycles. The lowest BCUT2D eigenvalue weighted by molar-refractivity contribution is -0.132. The second-order valence-electron chi connectivity index (χ2n) is 11.7. The number of nitrogens with one attached hydrogen (secondary N) is 2. The molecule has 1 aliphatic rings. The number of thiazole rings is 1. The number of benzene rings is 2. The molecule has 1 heterocycles. The van der Waals surface area contributed by atoms with Gasteiger partial charge in [0.25, 0.3) is 0 Å². The van der Waals surface area contributed by atoms with Crippen LogP contribution in [0.2, 0.25) is 0 Å². The Morgan fingerprint density at radius 3 is 2.44 bits per heavy atom. The van der Waals surface area contributed by atoms with Crippen molar-refractivity contribution in [3.05, 3.63) is 94.5 Å². The van der Waals surface area contributed by atoms with Crippen molar-refractivity contribution in [3.8, 4) is 5.75 Å². The lowest BCUT2D eigenvalue weighted by Crippen LogP contribution is -2.57. The molecule has 2 aromatic carbocycles. The van der Waals surface area contributed by atoms with Gasteiger partial charge in [0.15, 0.2) is 0 Å². The molecule has 7 nitrogen and oxygen atoms in total. The van der Waals surface area contributed by atoms with Crippen LogP contribution in [0.5, 0.6) is 5.75 Å². The molecule has 41 heavy (non-hydrogen) atoms. The van der Waals surface area contributed by atoms with Gasteiger partial charge in [-0.05, 0) is 70.3 Å². The molecular weight excluding hydrogens is 532 g/mol. The zero-order valence-corrected chi connectivity index (χ0v) is 25.3. The highest BCUT2D eigenvalue weighted by Crippen LogP contribution is 2.21. The molecule has 0 fully saturated rings. The lowest BCUT2D eigenvalue weighted by atomic mass is 9.98. The average Bonchev–Trinajstić information content (AvgIpc) is 3.48. The highest BCUT2D eigenvalue weighted by atomic mass is 32.1. The van der Waals surface area contributed by atoms with Crippen molar-refractivity contribution in [2.45, 2.75) is 83.1 Å². The second-order valence-corrected chi connectivity index (χ2v) is 12.4. The van der Waals surface area contributed by atoms with E-state index in [1.165, 1.54) is 11.3 Å². The number of carbonyl (C=O) groups excluding carboxylic acids is 2. The number of hydrogen-bond donors (Lipinski definition) is 2. The molecule has 0 spiro atoms. The second kappa shape index (κ2) is 14.4. The van der Waals surface area contributed by atoms with Crippen LogP contribution in [-0.4, -0.2) is 52.4 Å². The number of aromatic nitrogens is 1. The first-order chi connectivity index (χ1) is 19.7. The minimum atomic E-state index is -0.731. The highest BCUT2D eigenvalue weighted by molar-refractivity contribution is 7.07. The van der Waals surface area contributed by atoms with E-state index in [1.807, 2.05) is 87.8 Å². The number of allylic oxidation sites excluding steroid dienone is 1. The molecule has 8 heteroatoms. The summed E-state index contributed by atoms with van der Waals surface area (Å²) >= 11 is 1.52. The van der Waals surface area contributed by atoms with Gasteiger partial charge in [0.05, 0.1) is 17.2 Å². The summed E-state index contributed by atoms with van der Waals surface area (Å²) in [7, 11) is 2.00. The van der Waals surface area contributed by atoms with E-state index in [9.17, 15) is 9.59 Å². The van der Waals surface area contributed by atoms with Crippen molar-refractivity contribution in [1.29, 1.82) is 0 Å². The number of nitrogens with zero attached hydrogens (tertiary/aromatic N) is 2. The first-order valence-corrected chi connectivity index (χ1v) is 15.3. The van der Waals surface area contributed by atoms with E-state index in [-0.39, 0.29) is 17.9 Å². The van der Waals surface area contributed by atoms with Gasteiger partial charge < -0.3 is 15.4 Å². The number of amides is 2. The summed E-state index contributed by atoms with van der Waals surface area (Å²) in [5.74, 6) is 0.377. The summed E-state index contributed by atoms with van der Waals surface area (Å²) in [5, 5.41) is 8.15. The van der Waals surface area contributed by atoms with Gasteiger partial charge in [-0.3, -0.25) is 14.5 Å². The zero-order valence-electron chi connectivity index (χ0n) is 24.5. The van der Waals surface area contributed by atoms with Gasteiger partial charge >= 0.3 is 0 Å². The zero-order chi connectivity index (χ0) is 29.2. The number of hydrogen-bond acceptors (Lipinski definition) is 6. The Kier molecular flexibility index (Phi) is 10.7. The summed E-state index contributed by atoms with van der Waals surface area (Å²) in [6.07, 6.45) is 8.39. The standard InChI is InChI=1S/C33H42N4O3S/c1-33(2,3)36-31(38)29(19-24-15-17-28(18-16-24)40-21-25-11-7-5-8-12-25)35-32(39)30(20-26-22-41-23-34-26)37(4)27-13-9-6-10-14-27/h5,7-9,11-13,15-18,22-23,27,29-30H,6,10,14,19-21H2,1-4H3,(H,35,39)(H,36,38). The molecule has 3 unspecified atom stereocenters. The largest absolute Gasteiger partial charge is 0.489 e. The van der Waals surface area contributed by atoms with Gasteiger partial charge in [-0.1, -0.05) is 54.6 Å². The number of rotatable bonds is 12. The average molecular weight is 575 g/mol. The van der Waals surface area contributed by atoms with E-state index in [0.717, 1.165) is 41.8 Å². The maximum Gasteiger partial charge on any atom is 0.243 e. The molecule has 3 atom stereocenters. The van der Waals surface area contributed by atoms with Gasteiger partial charge in [-0.15, -0.1) is 11.3 Å². The summed E-state index contributed by atoms with van der Waals surface area (Å²) in [4.78, 5) is 33.9. The highest BCUT2D eigenvalue weighted by Gasteiger charge is 2.32. The molecule has 0 aliphatic heterocycles. The van der Waals surface area contributed by atoms with Crippen LogP contribution in [0, 0.1) is 0 Å². The third-order valence-corrected chi connectivity index (χ3v) is 7.81. The van der Waals surface area contributed by atoms with Crippen molar-refractivity contribution in [2.75, 3.05) is 7.05 Å². The smallest absolute Gasteiger partial charge is 0.243 e. The minimum absolute atomic E-state index is 0.170. The maximum absolute atomic E-state index is 13.9. The molecular formula is C33H42N4O3S. The SMILES string of the molecule is CN(C1C=CCCC1)C(Cc1cscn1)C(=O)NC(Cc1ccc(OCc2ccccc2)cc1)C(=O)NC(C)(C)C. The van der Waals surface area contributed by atoms with Crippen LogP contribution >= 0.6 is 11.3 Å². The van der Waals surface area contributed by atoms with E-state index < -0.39 is 17.6 Å². The molecule has 0 bridgehead atoms. The van der Waals surface area contributed by atoms with E-state index in [4.69, 9.17) is 4.74 Å². The van der Waals surface area contributed by atoms with Crippen molar-refractivity contribution in [3.63, 3.8) is 0 Å². The fourth-order valence-electron chi connectivity index (χ4n) is 4.96. The Labute approximate surface area is 248 Å². The van der Waals surface area contributed by atoms with Crippen LogP contribution < -0.4 is 15.4 Å². The van der Waals surface area contributed by atoms with Crippen molar-refractivity contribution in [2.24, 2.45) is 0 Å². The molecule has 2 amide bonds. The molecule has 3 aromatic rings. The van der Waals surface area contributed by atoms with Gasteiger partial charge in [0.2, 0.25) is 11.8 Å². The van der Waals surface area contributed by atoms with E-state index in [1.54, 1.807) is 5.51 Å². The molecule has 2 N–H and O–H groups in total. The minimum Gasteiger partial charge on any atom is -0.489 e.